The van der Waals surface area contributed by atoms with E-state index in [9.17, 15) is 4.79 Å². The Bertz CT molecular complexity index is 749. The highest BCUT2D eigenvalue weighted by Crippen LogP contribution is 2.38. The van der Waals surface area contributed by atoms with Crippen LogP contribution < -0.4 is 5.32 Å². The smallest absolute Gasteiger partial charge is 0.407 e. The van der Waals surface area contributed by atoms with Crippen LogP contribution >= 0.6 is 0 Å². The molecule has 5 nitrogen and oxygen atoms in total. The van der Waals surface area contributed by atoms with Crippen LogP contribution in [-0.4, -0.2) is 56.7 Å². The van der Waals surface area contributed by atoms with Crippen molar-refractivity contribution in [3.05, 3.63) is 35.9 Å². The zero-order chi connectivity index (χ0) is 25.6. The summed E-state index contributed by atoms with van der Waals surface area (Å²) in [5.74, 6) is 0. The van der Waals surface area contributed by atoms with Crippen molar-refractivity contribution in [1.29, 1.82) is 0 Å². The predicted octanol–water partition coefficient (Wildman–Crippen LogP) is 6.78. The van der Waals surface area contributed by atoms with Gasteiger partial charge in [0.1, 0.15) is 5.60 Å². The summed E-state index contributed by atoms with van der Waals surface area (Å²) in [6.07, 6.45) is 6.62. The van der Waals surface area contributed by atoms with Gasteiger partial charge in [0, 0.05) is 12.6 Å². The fourth-order valence-corrected chi connectivity index (χ4v) is 5.71. The minimum atomic E-state index is -2.08. The van der Waals surface area contributed by atoms with Crippen molar-refractivity contribution in [2.24, 2.45) is 0 Å². The number of hydrogen-bond donors (Lipinski definition) is 1. The molecule has 0 aliphatic heterocycles. The first-order chi connectivity index (χ1) is 15.7. The average Bonchev–Trinajstić information content (AvgIpc) is 2.72. The van der Waals surface area contributed by atoms with Crippen molar-refractivity contribution in [3.63, 3.8) is 0 Å². The van der Waals surface area contributed by atoms with Crippen LogP contribution in [0.15, 0.2) is 30.3 Å². The van der Waals surface area contributed by atoms with Crippen molar-refractivity contribution in [3.8, 4) is 0 Å². The quantitative estimate of drug-likeness (QED) is 0.388. The Hall–Kier alpha value is -1.37. The van der Waals surface area contributed by atoms with Gasteiger partial charge in [0.25, 0.3) is 0 Å². The van der Waals surface area contributed by atoms with E-state index in [2.05, 4.69) is 75.4 Å². The Morgan fingerprint density at radius 2 is 1.65 bits per heavy atom. The molecule has 0 radical (unpaired) electrons. The monoisotopic (exact) mass is 490 g/mol. The molecule has 0 bridgehead atoms. The largest absolute Gasteiger partial charge is 0.444 e. The van der Waals surface area contributed by atoms with Gasteiger partial charge in [-0.15, -0.1) is 0 Å². The van der Waals surface area contributed by atoms with Crippen LogP contribution in [0.4, 0.5) is 4.79 Å². The summed E-state index contributed by atoms with van der Waals surface area (Å²) in [5.41, 5.74) is 0.642. The van der Waals surface area contributed by atoms with E-state index < -0.39 is 13.9 Å². The van der Waals surface area contributed by atoms with E-state index in [1.165, 1.54) is 37.7 Å². The first kappa shape index (κ1) is 28.9. The van der Waals surface area contributed by atoms with E-state index in [-0.39, 0.29) is 23.3 Å². The van der Waals surface area contributed by atoms with Crippen molar-refractivity contribution in [1.82, 2.24) is 10.2 Å². The van der Waals surface area contributed by atoms with Gasteiger partial charge in [-0.2, -0.15) is 0 Å². The fraction of sp³-hybridized carbons (Fsp3) is 0.750. The molecule has 34 heavy (non-hydrogen) atoms. The number of nitrogens with zero attached hydrogens (tertiary/aromatic N) is 1. The molecule has 1 N–H and O–H groups in total. The first-order valence-electron chi connectivity index (χ1n) is 13.1. The van der Waals surface area contributed by atoms with Crippen LogP contribution in [0.25, 0.3) is 0 Å². The number of benzene rings is 1. The molecular formula is C28H50N2O3Si. The van der Waals surface area contributed by atoms with E-state index >= 15 is 0 Å². The zero-order valence-electron chi connectivity index (χ0n) is 23.2. The average molecular weight is 491 g/mol. The van der Waals surface area contributed by atoms with Gasteiger partial charge in [-0.1, -0.05) is 70.4 Å². The van der Waals surface area contributed by atoms with E-state index in [1.807, 2.05) is 26.8 Å². The minimum absolute atomic E-state index is 0.0812. The topological polar surface area (TPSA) is 50.8 Å². The van der Waals surface area contributed by atoms with E-state index in [0.717, 1.165) is 6.54 Å². The second kappa shape index (κ2) is 12.0. The maximum atomic E-state index is 12.9. The van der Waals surface area contributed by atoms with Gasteiger partial charge >= 0.3 is 6.09 Å². The van der Waals surface area contributed by atoms with Crippen molar-refractivity contribution < 1.29 is 14.0 Å². The lowest BCUT2D eigenvalue weighted by Gasteiger charge is -2.44. The fourth-order valence-electron chi connectivity index (χ4n) is 4.36. The third-order valence-corrected chi connectivity index (χ3v) is 11.9. The number of nitrogens with one attached hydrogen (secondary N) is 1. The zero-order valence-corrected chi connectivity index (χ0v) is 24.2. The molecule has 1 saturated carbocycles. The third kappa shape index (κ3) is 9.35. The van der Waals surface area contributed by atoms with Crippen LogP contribution in [0.3, 0.4) is 0 Å². The lowest BCUT2D eigenvalue weighted by molar-refractivity contribution is 0.0362. The molecule has 1 amide bonds. The Labute approximate surface area is 210 Å². The van der Waals surface area contributed by atoms with Gasteiger partial charge in [-0.25, -0.2) is 4.79 Å². The highest BCUT2D eigenvalue weighted by molar-refractivity contribution is 6.74. The molecule has 0 spiro atoms. The summed E-state index contributed by atoms with van der Waals surface area (Å²) < 4.78 is 12.7. The van der Waals surface area contributed by atoms with Crippen LogP contribution in [-0.2, 0) is 15.6 Å². The van der Waals surface area contributed by atoms with Gasteiger partial charge in [-0.3, -0.25) is 0 Å². The first-order valence-corrected chi connectivity index (χ1v) is 16.0. The minimum Gasteiger partial charge on any atom is -0.444 e. The number of likely N-dealkylation sites (N-methyl/N-ethyl adjacent to an activating group) is 1. The molecule has 0 heterocycles. The summed E-state index contributed by atoms with van der Waals surface area (Å²) in [5, 5.41) is 3.30. The van der Waals surface area contributed by atoms with Gasteiger partial charge in [0.15, 0.2) is 8.32 Å². The molecule has 1 fully saturated rings. The highest BCUT2D eigenvalue weighted by Gasteiger charge is 2.42. The van der Waals surface area contributed by atoms with Gasteiger partial charge < -0.3 is 19.4 Å². The molecular weight excluding hydrogens is 440 g/mol. The molecule has 0 aromatic heterocycles. The Balaban J connectivity index is 2.34. The van der Waals surface area contributed by atoms with E-state index in [1.54, 1.807) is 0 Å². The number of alkyl carbamates (subject to hydrolysis) is 1. The Morgan fingerprint density at radius 1 is 1.06 bits per heavy atom. The number of carbonyl (C=O) groups excluding carboxylic acids is 1. The molecule has 194 valence electrons. The summed E-state index contributed by atoms with van der Waals surface area (Å²) in [6, 6.07) is 10.8. The van der Waals surface area contributed by atoms with Crippen molar-refractivity contribution >= 4 is 14.4 Å². The maximum absolute atomic E-state index is 12.9. The standard InChI is InChI=1S/C28H50N2O3Si/c1-27(2,3)32-26(31)29-24(20-22-16-12-10-13-17-22)25(33-34(8,9)28(4,5)6)21-30(7)23-18-14-11-15-19-23/h10,12-13,16-17,23-25H,11,14-15,18-21H2,1-9H3,(H,29,31)/t24-,25+/m0/s1. The lowest BCUT2D eigenvalue weighted by Crippen LogP contribution is -2.57. The molecule has 0 saturated heterocycles. The molecule has 1 aliphatic carbocycles. The van der Waals surface area contributed by atoms with Crippen molar-refractivity contribution in [2.45, 2.75) is 122 Å². The van der Waals surface area contributed by atoms with Gasteiger partial charge in [0.2, 0.25) is 0 Å². The highest BCUT2D eigenvalue weighted by atomic mass is 28.4. The SMILES string of the molecule is CN(C[C@@H](O[Si](C)(C)C(C)(C)C)[C@H](Cc1ccccc1)NC(=O)OC(C)(C)C)C1CCCCC1. The molecule has 2 rings (SSSR count). The second-order valence-electron chi connectivity index (χ2n) is 12.6. The maximum Gasteiger partial charge on any atom is 0.407 e. The summed E-state index contributed by atoms with van der Waals surface area (Å²) in [7, 11) is 0.146. The predicted molar refractivity (Wildman–Crippen MR) is 145 cm³/mol. The van der Waals surface area contributed by atoms with Crippen molar-refractivity contribution in [2.75, 3.05) is 13.6 Å². The lowest BCUT2D eigenvalue weighted by atomic mass is 9.93. The Morgan fingerprint density at radius 3 is 2.18 bits per heavy atom. The van der Waals surface area contributed by atoms with E-state index in [0.29, 0.717) is 12.5 Å². The number of hydrogen-bond acceptors (Lipinski definition) is 4. The number of ether oxygens (including phenoxy) is 1. The Kier molecular flexibility index (Phi) is 10.2. The molecule has 1 aliphatic rings. The van der Waals surface area contributed by atoms with Gasteiger partial charge in [0.05, 0.1) is 12.1 Å². The molecule has 0 unspecified atom stereocenters. The summed E-state index contributed by atoms with van der Waals surface area (Å²) in [6.45, 7) is 17.9. The molecule has 1 aromatic rings. The third-order valence-electron chi connectivity index (χ3n) is 7.37. The number of carbonyl (C=O) groups is 1. The van der Waals surface area contributed by atoms with Crippen LogP contribution in [0.1, 0.15) is 79.2 Å². The van der Waals surface area contributed by atoms with Gasteiger partial charge in [-0.05, 0) is 70.8 Å². The number of amides is 1. The normalized spacial score (nSPS) is 17.9. The van der Waals surface area contributed by atoms with Crippen LogP contribution in [0, 0.1) is 0 Å². The molecule has 6 heteroatoms. The van der Waals surface area contributed by atoms with E-state index in [4.69, 9.17) is 9.16 Å². The summed E-state index contributed by atoms with van der Waals surface area (Å²) in [4.78, 5) is 15.4. The molecule has 1 aromatic carbocycles. The van der Waals surface area contributed by atoms with Crippen LogP contribution in [0.5, 0.6) is 0 Å². The summed E-state index contributed by atoms with van der Waals surface area (Å²) >= 11 is 0. The second-order valence-corrected chi connectivity index (χ2v) is 17.3. The molecule has 2 atom stereocenters. The van der Waals surface area contributed by atoms with Crippen LogP contribution in [0.2, 0.25) is 18.1 Å². The number of rotatable bonds is 9.